The van der Waals surface area contributed by atoms with Crippen LogP contribution < -0.4 is 5.32 Å². The first-order valence-corrected chi connectivity index (χ1v) is 8.76. The highest BCUT2D eigenvalue weighted by Crippen LogP contribution is 2.29. The van der Waals surface area contributed by atoms with Gasteiger partial charge in [-0.05, 0) is 55.7 Å². The summed E-state index contributed by atoms with van der Waals surface area (Å²) in [4.78, 5) is 0. The molecule has 0 spiro atoms. The van der Waals surface area contributed by atoms with E-state index in [0.29, 0.717) is 12.1 Å². The van der Waals surface area contributed by atoms with Gasteiger partial charge in [-0.2, -0.15) is 11.8 Å². The van der Waals surface area contributed by atoms with Crippen molar-refractivity contribution in [1.82, 2.24) is 5.32 Å². The summed E-state index contributed by atoms with van der Waals surface area (Å²) in [5.41, 5.74) is 4.67. The van der Waals surface area contributed by atoms with Gasteiger partial charge in [-0.25, -0.2) is 0 Å². The number of aryl methyl sites for hydroxylation is 2. The van der Waals surface area contributed by atoms with Crippen LogP contribution in [0.2, 0.25) is 0 Å². The summed E-state index contributed by atoms with van der Waals surface area (Å²) < 4.78 is 0. The molecule has 1 aromatic carbocycles. The zero-order valence-corrected chi connectivity index (χ0v) is 12.9. The molecule has 3 rings (SSSR count). The van der Waals surface area contributed by atoms with E-state index in [1.54, 1.807) is 11.1 Å². The van der Waals surface area contributed by atoms with Crippen LogP contribution in [0.15, 0.2) is 18.2 Å². The third-order valence-corrected chi connectivity index (χ3v) is 5.91. The maximum atomic E-state index is 3.81. The van der Waals surface area contributed by atoms with E-state index < -0.39 is 0 Å². The SMILES string of the molecule is CC1CC(NC(C)c2ccc3c(c2)CCCC3)CS1. The van der Waals surface area contributed by atoms with Gasteiger partial charge in [0.05, 0.1) is 0 Å². The molecule has 1 fully saturated rings. The minimum atomic E-state index is 0.489. The van der Waals surface area contributed by atoms with Crippen molar-refractivity contribution in [2.75, 3.05) is 5.75 Å². The first kappa shape index (κ1) is 13.5. The van der Waals surface area contributed by atoms with Crippen molar-refractivity contribution < 1.29 is 0 Å². The summed E-state index contributed by atoms with van der Waals surface area (Å²) in [6.45, 7) is 4.66. The van der Waals surface area contributed by atoms with Crippen molar-refractivity contribution >= 4 is 11.8 Å². The Hall–Kier alpha value is -0.470. The lowest BCUT2D eigenvalue weighted by molar-refractivity contribution is 0.474. The zero-order chi connectivity index (χ0) is 13.2. The average Bonchev–Trinajstić information content (AvgIpc) is 2.83. The van der Waals surface area contributed by atoms with Gasteiger partial charge in [0.15, 0.2) is 0 Å². The molecule has 0 amide bonds. The van der Waals surface area contributed by atoms with Gasteiger partial charge < -0.3 is 5.32 Å². The smallest absolute Gasteiger partial charge is 0.0294 e. The number of fused-ring (bicyclic) bond motifs is 1. The van der Waals surface area contributed by atoms with Crippen LogP contribution in [0.4, 0.5) is 0 Å². The number of hydrogen-bond donors (Lipinski definition) is 1. The minimum Gasteiger partial charge on any atom is -0.307 e. The Labute approximate surface area is 121 Å². The summed E-state index contributed by atoms with van der Waals surface area (Å²) >= 11 is 2.10. The van der Waals surface area contributed by atoms with Gasteiger partial charge in [0.1, 0.15) is 0 Å². The molecule has 19 heavy (non-hydrogen) atoms. The molecule has 0 aromatic heterocycles. The summed E-state index contributed by atoms with van der Waals surface area (Å²) in [5, 5.41) is 4.64. The van der Waals surface area contributed by atoms with Gasteiger partial charge in [0, 0.05) is 23.1 Å². The Morgan fingerprint density at radius 3 is 2.74 bits per heavy atom. The molecule has 2 aliphatic rings. The molecule has 104 valence electrons. The minimum absolute atomic E-state index is 0.489. The molecule has 1 aliphatic heterocycles. The topological polar surface area (TPSA) is 12.0 Å². The Kier molecular flexibility index (Phi) is 4.18. The molecule has 1 aromatic rings. The second kappa shape index (κ2) is 5.88. The van der Waals surface area contributed by atoms with Crippen molar-refractivity contribution in [2.45, 2.75) is 63.3 Å². The Morgan fingerprint density at radius 2 is 2.00 bits per heavy atom. The molecule has 1 nitrogen and oxygen atoms in total. The van der Waals surface area contributed by atoms with Gasteiger partial charge >= 0.3 is 0 Å². The summed E-state index contributed by atoms with van der Waals surface area (Å²) in [7, 11) is 0. The van der Waals surface area contributed by atoms with Crippen molar-refractivity contribution in [3.8, 4) is 0 Å². The Bertz CT molecular complexity index is 443. The number of thioether (sulfide) groups is 1. The molecule has 3 atom stereocenters. The monoisotopic (exact) mass is 275 g/mol. The maximum Gasteiger partial charge on any atom is 0.0294 e. The summed E-state index contributed by atoms with van der Waals surface area (Å²) in [6.07, 6.45) is 6.63. The fourth-order valence-electron chi connectivity index (χ4n) is 3.41. The standard InChI is InChI=1S/C17H25NS/c1-12-9-17(11-19-12)18-13(2)15-8-7-14-5-3-4-6-16(14)10-15/h7-8,10,12-13,17-18H,3-6,9,11H2,1-2H3. The van der Waals surface area contributed by atoms with E-state index in [9.17, 15) is 0 Å². The highest BCUT2D eigenvalue weighted by atomic mass is 32.2. The van der Waals surface area contributed by atoms with Gasteiger partial charge in [0.25, 0.3) is 0 Å². The highest BCUT2D eigenvalue weighted by Gasteiger charge is 2.23. The number of rotatable bonds is 3. The largest absolute Gasteiger partial charge is 0.307 e. The Balaban J connectivity index is 1.67. The molecule has 2 heteroatoms. The van der Waals surface area contributed by atoms with Crippen LogP contribution in [-0.2, 0) is 12.8 Å². The van der Waals surface area contributed by atoms with Crippen LogP contribution in [0.5, 0.6) is 0 Å². The zero-order valence-electron chi connectivity index (χ0n) is 12.1. The summed E-state index contributed by atoms with van der Waals surface area (Å²) in [6, 6.07) is 8.35. The molecule has 0 saturated carbocycles. The fourth-order valence-corrected chi connectivity index (χ4v) is 4.57. The highest BCUT2D eigenvalue weighted by molar-refractivity contribution is 8.00. The second-order valence-corrected chi connectivity index (χ2v) is 7.67. The third kappa shape index (κ3) is 3.17. The first-order valence-electron chi connectivity index (χ1n) is 7.71. The van der Waals surface area contributed by atoms with Crippen LogP contribution in [-0.4, -0.2) is 17.0 Å². The van der Waals surface area contributed by atoms with E-state index in [0.717, 1.165) is 5.25 Å². The van der Waals surface area contributed by atoms with E-state index in [2.05, 4.69) is 49.1 Å². The van der Waals surface area contributed by atoms with Crippen molar-refractivity contribution in [3.05, 3.63) is 34.9 Å². The molecule has 1 N–H and O–H groups in total. The Morgan fingerprint density at radius 1 is 1.21 bits per heavy atom. The van der Waals surface area contributed by atoms with Crippen molar-refractivity contribution in [1.29, 1.82) is 0 Å². The van der Waals surface area contributed by atoms with Crippen LogP contribution in [0.25, 0.3) is 0 Å². The second-order valence-electron chi connectivity index (χ2n) is 6.20. The van der Waals surface area contributed by atoms with Crippen molar-refractivity contribution in [2.24, 2.45) is 0 Å². The van der Waals surface area contributed by atoms with E-state index in [1.165, 1.54) is 43.4 Å². The van der Waals surface area contributed by atoms with Crippen LogP contribution in [0.1, 0.15) is 55.8 Å². The predicted molar refractivity (Wildman–Crippen MR) is 85.0 cm³/mol. The molecule has 1 saturated heterocycles. The van der Waals surface area contributed by atoms with Crippen LogP contribution in [0.3, 0.4) is 0 Å². The molecule has 1 aliphatic carbocycles. The lowest BCUT2D eigenvalue weighted by Gasteiger charge is -2.22. The van der Waals surface area contributed by atoms with Gasteiger partial charge in [0.2, 0.25) is 0 Å². The molecular weight excluding hydrogens is 250 g/mol. The number of nitrogens with one attached hydrogen (secondary N) is 1. The predicted octanol–water partition coefficient (Wildman–Crippen LogP) is 4.11. The van der Waals surface area contributed by atoms with Gasteiger partial charge in [-0.1, -0.05) is 25.1 Å². The first-order chi connectivity index (χ1) is 9.22. The fraction of sp³-hybridized carbons (Fsp3) is 0.647. The third-order valence-electron chi connectivity index (χ3n) is 4.56. The molecular formula is C17H25NS. The molecule has 3 unspecified atom stereocenters. The van der Waals surface area contributed by atoms with Gasteiger partial charge in [-0.15, -0.1) is 0 Å². The quantitative estimate of drug-likeness (QED) is 0.891. The number of benzene rings is 1. The van der Waals surface area contributed by atoms with E-state index in [1.807, 2.05) is 0 Å². The van der Waals surface area contributed by atoms with Crippen molar-refractivity contribution in [3.63, 3.8) is 0 Å². The van der Waals surface area contributed by atoms with E-state index in [-0.39, 0.29) is 0 Å². The van der Waals surface area contributed by atoms with Crippen LogP contribution >= 0.6 is 11.8 Å². The lowest BCUT2D eigenvalue weighted by atomic mass is 9.89. The van der Waals surface area contributed by atoms with E-state index >= 15 is 0 Å². The lowest BCUT2D eigenvalue weighted by Crippen LogP contribution is -2.31. The number of hydrogen-bond acceptors (Lipinski definition) is 2. The van der Waals surface area contributed by atoms with Crippen LogP contribution in [0, 0.1) is 0 Å². The van der Waals surface area contributed by atoms with Gasteiger partial charge in [-0.3, -0.25) is 0 Å². The summed E-state index contributed by atoms with van der Waals surface area (Å²) in [5.74, 6) is 1.27. The normalized spacial score (nSPS) is 28.1. The molecule has 1 heterocycles. The average molecular weight is 275 g/mol. The maximum absolute atomic E-state index is 3.81. The molecule has 0 radical (unpaired) electrons. The molecule has 0 bridgehead atoms. The van der Waals surface area contributed by atoms with E-state index in [4.69, 9.17) is 0 Å².